The van der Waals surface area contributed by atoms with E-state index < -0.39 is 0 Å². The third-order valence-electron chi connectivity index (χ3n) is 3.85. The molecule has 0 saturated heterocycles. The molecule has 0 bridgehead atoms. The summed E-state index contributed by atoms with van der Waals surface area (Å²) in [6.07, 6.45) is 7.71. The fraction of sp³-hybridized carbons (Fsp3) is 1.00. The van der Waals surface area contributed by atoms with E-state index in [1.54, 1.807) is 0 Å². The molecule has 0 atom stereocenters. The van der Waals surface area contributed by atoms with E-state index in [9.17, 15) is 0 Å². The Balaban J connectivity index is 3.59. The van der Waals surface area contributed by atoms with E-state index in [4.69, 9.17) is 18.9 Å². The minimum Gasteiger partial charge on any atom is -0.353 e. The molecular formula is C21H44O4Si2. The third kappa shape index (κ3) is 19.4. The summed E-state index contributed by atoms with van der Waals surface area (Å²) in [5.74, 6) is 0. The second-order valence-electron chi connectivity index (χ2n) is 6.77. The fourth-order valence-electron chi connectivity index (χ4n) is 2.45. The van der Waals surface area contributed by atoms with Gasteiger partial charge in [0.1, 0.15) is 0 Å². The molecule has 0 rings (SSSR count). The van der Waals surface area contributed by atoms with Gasteiger partial charge in [-0.05, 0) is 38.5 Å². The first-order chi connectivity index (χ1) is 13.3. The predicted octanol–water partition coefficient (Wildman–Crippen LogP) is 5.60. The lowest BCUT2D eigenvalue weighted by Crippen LogP contribution is -2.19. The van der Waals surface area contributed by atoms with E-state index in [1.165, 1.54) is 30.6 Å². The Kier molecular flexibility index (Phi) is 22.8. The zero-order valence-electron chi connectivity index (χ0n) is 18.4. The van der Waals surface area contributed by atoms with Gasteiger partial charge < -0.3 is 18.9 Å². The van der Waals surface area contributed by atoms with Crippen molar-refractivity contribution in [3.05, 3.63) is 0 Å². The molecule has 160 valence electrons. The van der Waals surface area contributed by atoms with Crippen molar-refractivity contribution in [2.45, 2.75) is 109 Å². The molecular weight excluding hydrogens is 372 g/mol. The van der Waals surface area contributed by atoms with Crippen molar-refractivity contribution in [3.8, 4) is 0 Å². The summed E-state index contributed by atoms with van der Waals surface area (Å²) in [5, 5.41) is 0. The molecule has 27 heavy (non-hydrogen) atoms. The van der Waals surface area contributed by atoms with Crippen molar-refractivity contribution in [3.63, 3.8) is 0 Å². The van der Waals surface area contributed by atoms with E-state index in [0.717, 1.165) is 84.0 Å². The SMILES string of the molecule is CCCOC(CC[Si]CCC[Si]CCC(OCCC)OCCC)OCCC. The van der Waals surface area contributed by atoms with Gasteiger partial charge in [-0.2, -0.15) is 0 Å². The van der Waals surface area contributed by atoms with Gasteiger partial charge in [-0.1, -0.05) is 58.3 Å². The topological polar surface area (TPSA) is 36.9 Å². The lowest BCUT2D eigenvalue weighted by molar-refractivity contribution is -0.143. The van der Waals surface area contributed by atoms with E-state index in [0.29, 0.717) is 0 Å². The molecule has 0 fully saturated rings. The highest BCUT2D eigenvalue weighted by atomic mass is 28.2. The van der Waals surface area contributed by atoms with Crippen molar-refractivity contribution in [1.82, 2.24) is 0 Å². The minimum absolute atomic E-state index is 0.0162. The van der Waals surface area contributed by atoms with Crippen LogP contribution in [0.3, 0.4) is 0 Å². The van der Waals surface area contributed by atoms with Crippen LogP contribution in [0.15, 0.2) is 0 Å². The monoisotopic (exact) mass is 416 g/mol. The van der Waals surface area contributed by atoms with Gasteiger partial charge in [-0.25, -0.2) is 0 Å². The molecule has 4 nitrogen and oxygen atoms in total. The van der Waals surface area contributed by atoms with Gasteiger partial charge in [0.25, 0.3) is 0 Å². The second kappa shape index (κ2) is 22.6. The fourth-order valence-corrected chi connectivity index (χ4v) is 5.04. The highest BCUT2D eigenvalue weighted by Gasteiger charge is 2.10. The first kappa shape index (κ1) is 27.3. The van der Waals surface area contributed by atoms with Crippen molar-refractivity contribution >= 4 is 19.0 Å². The molecule has 4 radical (unpaired) electrons. The van der Waals surface area contributed by atoms with Gasteiger partial charge in [-0.15, -0.1) is 0 Å². The molecule has 0 aliphatic heterocycles. The van der Waals surface area contributed by atoms with Gasteiger partial charge in [0.05, 0.1) is 0 Å². The summed E-state index contributed by atoms with van der Waals surface area (Å²) in [6.45, 7) is 11.8. The van der Waals surface area contributed by atoms with Crippen LogP contribution in [-0.2, 0) is 18.9 Å². The minimum atomic E-state index is 0.0162. The van der Waals surface area contributed by atoms with Crippen LogP contribution < -0.4 is 0 Å². The summed E-state index contributed by atoms with van der Waals surface area (Å²) in [5.41, 5.74) is 0. The maximum Gasteiger partial charge on any atom is 0.157 e. The molecule has 0 aromatic heterocycles. The molecule has 0 aliphatic rings. The Labute approximate surface area is 174 Å². The highest BCUT2D eigenvalue weighted by Crippen LogP contribution is 2.10. The molecule has 0 amide bonds. The maximum absolute atomic E-state index is 5.79. The summed E-state index contributed by atoms with van der Waals surface area (Å²) in [6, 6.07) is 5.17. The third-order valence-corrected chi connectivity index (χ3v) is 6.55. The molecule has 0 saturated carbocycles. The molecule has 0 aromatic carbocycles. The predicted molar refractivity (Wildman–Crippen MR) is 117 cm³/mol. The molecule has 0 spiro atoms. The molecule has 6 heteroatoms. The van der Waals surface area contributed by atoms with Gasteiger partial charge >= 0.3 is 0 Å². The Morgan fingerprint density at radius 1 is 0.519 bits per heavy atom. The largest absolute Gasteiger partial charge is 0.353 e. The van der Waals surface area contributed by atoms with Gasteiger partial charge in [-0.3, -0.25) is 0 Å². The van der Waals surface area contributed by atoms with Crippen LogP contribution in [0.4, 0.5) is 0 Å². The number of ether oxygens (including phenoxy) is 4. The summed E-state index contributed by atoms with van der Waals surface area (Å²) in [4.78, 5) is 0. The molecule has 0 heterocycles. The Bertz CT molecular complexity index is 241. The smallest absolute Gasteiger partial charge is 0.157 e. The quantitative estimate of drug-likeness (QED) is 0.131. The molecule has 0 N–H and O–H groups in total. The zero-order chi connectivity index (χ0) is 20.0. The van der Waals surface area contributed by atoms with Crippen molar-refractivity contribution in [2.75, 3.05) is 26.4 Å². The van der Waals surface area contributed by atoms with Crippen LogP contribution in [0.5, 0.6) is 0 Å². The van der Waals surface area contributed by atoms with Gasteiger partial charge in [0, 0.05) is 45.5 Å². The average molecular weight is 417 g/mol. The lowest BCUT2D eigenvalue weighted by Gasteiger charge is -2.18. The number of hydrogen-bond donors (Lipinski definition) is 0. The number of rotatable bonds is 22. The van der Waals surface area contributed by atoms with E-state index >= 15 is 0 Å². The van der Waals surface area contributed by atoms with E-state index in [2.05, 4.69) is 27.7 Å². The summed E-state index contributed by atoms with van der Waals surface area (Å²) < 4.78 is 23.2. The van der Waals surface area contributed by atoms with Crippen LogP contribution >= 0.6 is 0 Å². The standard InChI is InChI=1S/C21H44O4Si2/c1-5-12-22-20(23-13-6-2)10-18-26-16-9-17-27-19-11-21(24-14-7-3)25-15-8-4/h20-21H,5-19H2,1-4H3. The molecule has 0 unspecified atom stereocenters. The van der Waals surface area contributed by atoms with E-state index in [1.807, 2.05) is 0 Å². The van der Waals surface area contributed by atoms with Gasteiger partial charge in [0.15, 0.2) is 12.6 Å². The first-order valence-electron chi connectivity index (χ1n) is 11.2. The normalized spacial score (nSPS) is 11.8. The Hall–Kier alpha value is 0.274. The zero-order valence-corrected chi connectivity index (χ0v) is 20.4. The molecule has 0 aliphatic carbocycles. The van der Waals surface area contributed by atoms with Crippen LogP contribution in [-0.4, -0.2) is 58.0 Å². The number of hydrogen-bond acceptors (Lipinski definition) is 4. The van der Waals surface area contributed by atoms with Crippen molar-refractivity contribution in [2.24, 2.45) is 0 Å². The molecule has 0 aromatic rings. The van der Waals surface area contributed by atoms with E-state index in [-0.39, 0.29) is 12.6 Å². The van der Waals surface area contributed by atoms with Crippen LogP contribution in [0.25, 0.3) is 0 Å². The average Bonchev–Trinajstić information content (AvgIpc) is 2.69. The van der Waals surface area contributed by atoms with Crippen molar-refractivity contribution < 1.29 is 18.9 Å². The van der Waals surface area contributed by atoms with Crippen molar-refractivity contribution in [1.29, 1.82) is 0 Å². The Morgan fingerprint density at radius 2 is 0.852 bits per heavy atom. The van der Waals surface area contributed by atoms with Crippen LogP contribution in [0.1, 0.15) is 72.6 Å². The maximum atomic E-state index is 5.79. The lowest BCUT2D eigenvalue weighted by atomic mass is 10.4. The second-order valence-corrected chi connectivity index (χ2v) is 9.77. The highest BCUT2D eigenvalue weighted by molar-refractivity contribution is 6.37. The van der Waals surface area contributed by atoms with Gasteiger partial charge in [0.2, 0.25) is 0 Å². The summed E-state index contributed by atoms with van der Waals surface area (Å²) in [7, 11) is 2.07. The van der Waals surface area contributed by atoms with Crippen LogP contribution in [0.2, 0.25) is 24.2 Å². The first-order valence-corrected chi connectivity index (χ1v) is 14.0. The van der Waals surface area contributed by atoms with Crippen LogP contribution in [0, 0.1) is 0 Å². The Morgan fingerprint density at radius 3 is 1.15 bits per heavy atom. The summed E-state index contributed by atoms with van der Waals surface area (Å²) >= 11 is 0.